The van der Waals surface area contributed by atoms with Crippen molar-refractivity contribution in [2.75, 3.05) is 21.2 Å². The highest BCUT2D eigenvalue weighted by Crippen LogP contribution is 2.29. The molecule has 0 saturated heterocycles. The predicted molar refractivity (Wildman–Crippen MR) is 136 cm³/mol. The molecule has 0 heterocycles. The second-order valence-corrected chi connectivity index (χ2v) is 9.24. The van der Waals surface area contributed by atoms with Gasteiger partial charge in [0.15, 0.2) is 0 Å². The van der Waals surface area contributed by atoms with Crippen molar-refractivity contribution in [3.63, 3.8) is 0 Å². The van der Waals surface area contributed by atoms with Crippen LogP contribution in [0.5, 0.6) is 0 Å². The summed E-state index contributed by atoms with van der Waals surface area (Å²) in [4.78, 5) is 25.1. The van der Waals surface area contributed by atoms with Crippen LogP contribution in [0.4, 0.5) is 22.7 Å². The summed E-state index contributed by atoms with van der Waals surface area (Å²) in [5, 5.41) is 47.0. The smallest absolute Gasteiger partial charge is 0.224 e. The Bertz CT molecular complexity index is 1090. The fourth-order valence-electron chi connectivity index (χ4n) is 2.97. The zero-order chi connectivity index (χ0) is 26.3. The summed E-state index contributed by atoms with van der Waals surface area (Å²) in [5.74, 6) is -0.348. The zero-order valence-corrected chi connectivity index (χ0v) is 20.5. The van der Waals surface area contributed by atoms with Crippen LogP contribution in [-0.4, -0.2) is 27.8 Å². The van der Waals surface area contributed by atoms with E-state index in [9.17, 15) is 30.4 Å². The average molecular weight is 486 g/mol. The molecule has 0 radical (unpaired) electrons. The second kappa shape index (κ2) is 11.8. The number of hydrogen-bond acceptors (Lipinski definition) is 10. The lowest BCUT2D eigenvalue weighted by Crippen LogP contribution is -2.24. The van der Waals surface area contributed by atoms with Crippen molar-refractivity contribution in [2.24, 2.45) is 10.5 Å². The number of Topliss-reactive ketones (excluding diaryl/α,β-unsaturated/α-hetero) is 1. The lowest BCUT2D eigenvalue weighted by molar-refractivity contribution is -0.125. The van der Waals surface area contributed by atoms with Crippen molar-refractivity contribution in [1.29, 1.82) is 0 Å². The number of carbonyl (C=O) groups is 2. The molecular weight excluding hydrogens is 454 g/mol. The Hall–Kier alpha value is -3.51. The Morgan fingerprint density at radius 1 is 1.00 bits per heavy atom. The third-order valence-corrected chi connectivity index (χ3v) is 5.37. The Balaban J connectivity index is 2.20. The summed E-state index contributed by atoms with van der Waals surface area (Å²) in [5.41, 5.74) is 4.58. The molecule has 2 aromatic rings. The maximum atomic E-state index is 12.6. The van der Waals surface area contributed by atoms with Crippen molar-refractivity contribution < 1.29 is 20.0 Å². The fraction of sp³-hybridized carbons (Fsp3) is 0.375. The third-order valence-electron chi connectivity index (χ3n) is 5.37. The summed E-state index contributed by atoms with van der Waals surface area (Å²) in [6, 6.07) is 8.98. The first-order valence-corrected chi connectivity index (χ1v) is 11.0. The van der Waals surface area contributed by atoms with Gasteiger partial charge in [0.05, 0.1) is 5.69 Å². The van der Waals surface area contributed by atoms with Gasteiger partial charge in [0.1, 0.15) is 11.5 Å². The van der Waals surface area contributed by atoms with Crippen LogP contribution in [0.1, 0.15) is 51.2 Å². The topological polar surface area (TPSA) is 164 Å². The molecule has 0 spiro atoms. The Morgan fingerprint density at radius 2 is 1.69 bits per heavy atom. The van der Waals surface area contributed by atoms with E-state index in [0.29, 0.717) is 11.4 Å². The van der Waals surface area contributed by atoms with Crippen LogP contribution in [-0.2, 0) is 9.59 Å². The predicted octanol–water partition coefficient (Wildman–Crippen LogP) is 4.88. The van der Waals surface area contributed by atoms with Gasteiger partial charge in [0.25, 0.3) is 0 Å². The summed E-state index contributed by atoms with van der Waals surface area (Å²) in [6.07, 6.45) is 0.192. The van der Waals surface area contributed by atoms with Crippen LogP contribution in [0.25, 0.3) is 0 Å². The quantitative estimate of drug-likeness (QED) is 0.271. The van der Waals surface area contributed by atoms with E-state index in [1.807, 2.05) is 32.0 Å². The standard InChI is InChI=1S/C24H31N5O6/c1-15-6-7-17(12-16(15)2)25-23(31)11-8-18(13-22(30)24(3,4)5)26-27-20-10-9-19(28(32)33)14-21(20)29(34)35/h6-7,9-10,12,14,27,34-35H,8,11,13H2,1-5H3,(H,25,31)/q-2/b26-18-. The van der Waals surface area contributed by atoms with Crippen LogP contribution < -0.4 is 21.2 Å². The van der Waals surface area contributed by atoms with Gasteiger partial charge in [-0.25, -0.2) is 0 Å². The minimum Gasteiger partial charge on any atom is -0.769 e. The van der Waals surface area contributed by atoms with Gasteiger partial charge in [-0.1, -0.05) is 26.8 Å². The highest BCUT2D eigenvalue weighted by molar-refractivity contribution is 6.05. The number of amides is 1. The molecule has 0 aliphatic carbocycles. The molecule has 11 nitrogen and oxygen atoms in total. The number of carbonyl (C=O) groups excluding carboxylic acids is 2. The number of aryl methyl sites for hydroxylation is 2. The van der Waals surface area contributed by atoms with E-state index in [0.717, 1.165) is 17.2 Å². The molecule has 4 N–H and O–H groups in total. The van der Waals surface area contributed by atoms with Gasteiger partial charge < -0.3 is 21.0 Å². The molecule has 0 fully saturated rings. The summed E-state index contributed by atoms with van der Waals surface area (Å²) < 4.78 is 0. The molecule has 35 heavy (non-hydrogen) atoms. The largest absolute Gasteiger partial charge is 0.769 e. The minimum absolute atomic E-state index is 0.0301. The van der Waals surface area contributed by atoms with Gasteiger partial charge in [0.2, 0.25) is 5.91 Å². The molecule has 0 unspecified atom stereocenters. The molecule has 1 amide bonds. The molecule has 0 saturated carbocycles. The van der Waals surface area contributed by atoms with Gasteiger partial charge in [0, 0.05) is 35.3 Å². The first kappa shape index (κ1) is 27.7. The molecule has 0 bridgehead atoms. The first-order chi connectivity index (χ1) is 16.3. The van der Waals surface area contributed by atoms with E-state index >= 15 is 0 Å². The molecule has 0 aliphatic rings. The minimum atomic E-state index is -0.679. The van der Waals surface area contributed by atoms with Crippen LogP contribution in [0.3, 0.4) is 0 Å². The summed E-state index contributed by atoms with van der Waals surface area (Å²) in [6.45, 7) is 9.25. The van der Waals surface area contributed by atoms with Gasteiger partial charge in [-0.2, -0.15) is 5.10 Å². The highest BCUT2D eigenvalue weighted by Gasteiger charge is 2.23. The van der Waals surface area contributed by atoms with Crippen LogP contribution in [0, 0.1) is 29.7 Å². The Morgan fingerprint density at radius 3 is 2.26 bits per heavy atom. The molecule has 0 aliphatic heterocycles. The Labute approximate surface area is 204 Å². The van der Waals surface area contributed by atoms with Gasteiger partial charge >= 0.3 is 0 Å². The van der Waals surface area contributed by atoms with Crippen molar-refractivity contribution in [2.45, 2.75) is 53.9 Å². The first-order valence-electron chi connectivity index (χ1n) is 11.0. The van der Waals surface area contributed by atoms with Crippen molar-refractivity contribution in [3.8, 4) is 0 Å². The SMILES string of the molecule is Cc1ccc(NC(=O)CC/C(CC(=O)C(C)(C)C)=N/Nc2ccc(N([O-])[O-])cc2N(O)O)cc1C. The normalized spacial score (nSPS) is 11.7. The number of benzene rings is 2. The molecule has 190 valence electrons. The lowest BCUT2D eigenvalue weighted by Gasteiger charge is -2.37. The molecule has 0 atom stereocenters. The molecule has 0 aromatic heterocycles. The van der Waals surface area contributed by atoms with E-state index in [1.54, 1.807) is 20.8 Å². The number of rotatable bonds is 10. The van der Waals surface area contributed by atoms with Gasteiger partial charge in [-0.3, -0.25) is 25.4 Å². The van der Waals surface area contributed by atoms with Gasteiger partial charge in [-0.05, 0) is 61.7 Å². The van der Waals surface area contributed by atoms with Crippen molar-refractivity contribution in [1.82, 2.24) is 0 Å². The van der Waals surface area contributed by atoms with Crippen molar-refractivity contribution in [3.05, 3.63) is 57.9 Å². The number of nitrogens with one attached hydrogen (secondary N) is 2. The zero-order valence-electron chi connectivity index (χ0n) is 20.5. The molecular formula is C24H31N5O6-2. The van der Waals surface area contributed by atoms with Crippen LogP contribution >= 0.6 is 0 Å². The lowest BCUT2D eigenvalue weighted by atomic mass is 9.87. The van der Waals surface area contributed by atoms with Crippen molar-refractivity contribution >= 4 is 40.2 Å². The number of anilines is 4. The molecule has 11 heteroatoms. The van der Waals surface area contributed by atoms with E-state index in [2.05, 4.69) is 15.8 Å². The van der Waals surface area contributed by atoms with E-state index in [4.69, 9.17) is 0 Å². The Kier molecular flexibility index (Phi) is 9.32. The maximum absolute atomic E-state index is 12.6. The van der Waals surface area contributed by atoms with Gasteiger partial charge in [-0.15, -0.1) is 5.23 Å². The van der Waals surface area contributed by atoms with E-state index < -0.39 is 10.6 Å². The van der Waals surface area contributed by atoms with Crippen LogP contribution in [0.15, 0.2) is 41.5 Å². The van der Waals surface area contributed by atoms with E-state index in [-0.39, 0.29) is 53.2 Å². The average Bonchev–Trinajstić information content (AvgIpc) is 2.77. The second-order valence-electron chi connectivity index (χ2n) is 9.24. The summed E-state index contributed by atoms with van der Waals surface area (Å²) in [7, 11) is 0. The van der Waals surface area contributed by atoms with Crippen LogP contribution in [0.2, 0.25) is 0 Å². The maximum Gasteiger partial charge on any atom is 0.224 e. The monoisotopic (exact) mass is 485 g/mol. The highest BCUT2D eigenvalue weighted by atomic mass is 16.8. The third kappa shape index (κ3) is 8.34. The fourth-order valence-corrected chi connectivity index (χ4v) is 2.97. The number of hydrogen-bond donors (Lipinski definition) is 4. The molecule has 2 rings (SSSR count). The number of hydrazone groups is 1. The number of nitrogens with zero attached hydrogens (tertiary/aromatic N) is 3. The summed E-state index contributed by atoms with van der Waals surface area (Å²) >= 11 is 0. The number of ketones is 1. The molecule has 2 aromatic carbocycles. The van der Waals surface area contributed by atoms with E-state index in [1.165, 1.54) is 12.1 Å².